The maximum Gasteiger partial charge on any atom is 0.333 e. The molecule has 1 rings (SSSR count). The van der Waals surface area contributed by atoms with Crippen LogP contribution in [0.1, 0.15) is 17.4 Å². The number of thioether (sulfide) groups is 1. The molecule has 0 bridgehead atoms. The molecule has 8 heteroatoms. The van der Waals surface area contributed by atoms with E-state index >= 15 is 0 Å². The summed E-state index contributed by atoms with van der Waals surface area (Å²) in [5, 5.41) is 19.9. The average Bonchev–Trinajstić information content (AvgIpc) is 2.80. The van der Waals surface area contributed by atoms with E-state index in [0.717, 1.165) is 27.9 Å². The fourth-order valence-corrected chi connectivity index (χ4v) is 3.86. The Kier molecular flexibility index (Phi) is 8.04. The Morgan fingerprint density at radius 2 is 2.09 bits per heavy atom. The molecule has 0 aliphatic heterocycles. The van der Waals surface area contributed by atoms with Crippen LogP contribution in [0, 0.1) is 13.8 Å². The SMILES string of the molecule is COC[C@H](C)N(C(=O)CSCC(O)C(=O)O)c1c(C)csc1C. The van der Waals surface area contributed by atoms with E-state index in [1.807, 2.05) is 26.2 Å². The summed E-state index contributed by atoms with van der Waals surface area (Å²) >= 11 is 2.70. The van der Waals surface area contributed by atoms with Crippen molar-refractivity contribution in [1.82, 2.24) is 0 Å². The number of aryl methyl sites for hydroxylation is 2. The summed E-state index contributed by atoms with van der Waals surface area (Å²) in [5.74, 6) is -1.32. The van der Waals surface area contributed by atoms with Gasteiger partial charge in [0.25, 0.3) is 0 Å². The first-order chi connectivity index (χ1) is 10.8. The molecule has 130 valence electrons. The number of carboxylic acids is 1. The number of carbonyl (C=O) groups is 2. The number of carboxylic acid groups (broad SMARTS) is 1. The van der Waals surface area contributed by atoms with E-state index in [1.165, 1.54) is 0 Å². The molecule has 1 aromatic heterocycles. The Hall–Kier alpha value is -1.09. The molecule has 0 saturated carbocycles. The lowest BCUT2D eigenvalue weighted by atomic mass is 10.2. The number of nitrogens with zero attached hydrogens (tertiary/aromatic N) is 1. The van der Waals surface area contributed by atoms with Crippen LogP contribution in [0.5, 0.6) is 0 Å². The molecule has 1 unspecified atom stereocenters. The molecule has 1 amide bonds. The third-order valence-electron chi connectivity index (χ3n) is 3.26. The van der Waals surface area contributed by atoms with Crippen molar-refractivity contribution >= 4 is 40.7 Å². The molecule has 6 nitrogen and oxygen atoms in total. The standard InChI is InChI=1S/C15H23NO5S2/c1-9-6-23-11(3)14(9)16(10(2)5-21-4)13(18)8-22-7-12(17)15(19)20/h6,10,12,17H,5,7-8H2,1-4H3,(H,19,20)/t10-,12?/m0/s1. The van der Waals surface area contributed by atoms with E-state index in [4.69, 9.17) is 9.84 Å². The van der Waals surface area contributed by atoms with Gasteiger partial charge < -0.3 is 19.8 Å². The van der Waals surface area contributed by atoms with Crippen molar-refractivity contribution in [2.24, 2.45) is 0 Å². The molecular formula is C15H23NO5S2. The lowest BCUT2D eigenvalue weighted by molar-refractivity contribution is -0.145. The zero-order valence-electron chi connectivity index (χ0n) is 13.7. The molecule has 0 aromatic carbocycles. The Balaban J connectivity index is 2.84. The van der Waals surface area contributed by atoms with E-state index < -0.39 is 12.1 Å². The molecule has 0 radical (unpaired) electrons. The number of carbonyl (C=O) groups excluding carboxylic acids is 1. The first-order valence-electron chi connectivity index (χ1n) is 7.13. The Morgan fingerprint density at radius 1 is 1.43 bits per heavy atom. The summed E-state index contributed by atoms with van der Waals surface area (Å²) < 4.78 is 5.17. The first kappa shape index (κ1) is 20.0. The Morgan fingerprint density at radius 3 is 2.57 bits per heavy atom. The maximum absolute atomic E-state index is 12.6. The largest absolute Gasteiger partial charge is 0.479 e. The number of aliphatic hydroxyl groups is 1. The predicted molar refractivity (Wildman–Crippen MR) is 93.6 cm³/mol. The van der Waals surface area contributed by atoms with Crippen LogP contribution in [0.15, 0.2) is 5.38 Å². The maximum atomic E-state index is 12.6. The van der Waals surface area contributed by atoms with Crippen LogP contribution < -0.4 is 4.90 Å². The van der Waals surface area contributed by atoms with Crippen LogP contribution in [0.3, 0.4) is 0 Å². The molecule has 1 aromatic rings. The van der Waals surface area contributed by atoms with E-state index in [0.29, 0.717) is 6.61 Å². The molecular weight excluding hydrogens is 338 g/mol. The number of aliphatic carboxylic acids is 1. The second kappa shape index (κ2) is 9.27. The molecule has 0 aliphatic carbocycles. The fourth-order valence-electron chi connectivity index (χ4n) is 2.23. The van der Waals surface area contributed by atoms with Crippen molar-refractivity contribution in [3.05, 3.63) is 15.8 Å². The van der Waals surface area contributed by atoms with Crippen molar-refractivity contribution in [2.45, 2.75) is 32.9 Å². The van der Waals surface area contributed by atoms with Gasteiger partial charge in [0, 0.05) is 17.7 Å². The van der Waals surface area contributed by atoms with Crippen LogP contribution in [-0.4, -0.2) is 59.5 Å². The summed E-state index contributed by atoms with van der Waals surface area (Å²) in [6.45, 7) is 6.24. The molecule has 2 atom stereocenters. The normalized spacial score (nSPS) is 13.6. The van der Waals surface area contributed by atoms with Crippen LogP contribution in [0.4, 0.5) is 5.69 Å². The molecule has 1 heterocycles. The molecule has 0 aliphatic rings. The summed E-state index contributed by atoms with van der Waals surface area (Å²) in [6.07, 6.45) is -1.46. The Labute approximate surface area is 144 Å². The van der Waals surface area contributed by atoms with Crippen molar-refractivity contribution in [1.29, 1.82) is 0 Å². The number of rotatable bonds is 9. The number of anilines is 1. The van der Waals surface area contributed by atoms with Gasteiger partial charge in [-0.3, -0.25) is 4.79 Å². The summed E-state index contributed by atoms with van der Waals surface area (Å²) in [4.78, 5) is 26.0. The van der Waals surface area contributed by atoms with Crippen molar-refractivity contribution in [3.63, 3.8) is 0 Å². The quantitative estimate of drug-likeness (QED) is 0.699. The minimum Gasteiger partial charge on any atom is -0.479 e. The molecule has 0 fully saturated rings. The highest BCUT2D eigenvalue weighted by Gasteiger charge is 2.26. The lowest BCUT2D eigenvalue weighted by Gasteiger charge is -2.30. The van der Waals surface area contributed by atoms with Gasteiger partial charge in [-0.2, -0.15) is 0 Å². The molecule has 0 spiro atoms. The zero-order chi connectivity index (χ0) is 17.6. The smallest absolute Gasteiger partial charge is 0.333 e. The lowest BCUT2D eigenvalue weighted by Crippen LogP contribution is -2.43. The van der Waals surface area contributed by atoms with Crippen LogP contribution in [0.25, 0.3) is 0 Å². The number of methoxy groups -OCH3 is 1. The minimum atomic E-state index is -1.46. The molecule has 0 saturated heterocycles. The van der Waals surface area contributed by atoms with Crippen molar-refractivity contribution in [2.75, 3.05) is 30.1 Å². The number of thiophene rings is 1. The summed E-state index contributed by atoms with van der Waals surface area (Å²) in [6, 6.07) is -0.135. The van der Waals surface area contributed by atoms with Crippen LogP contribution in [-0.2, 0) is 14.3 Å². The van der Waals surface area contributed by atoms with Gasteiger partial charge in [-0.05, 0) is 31.7 Å². The number of aliphatic hydroxyl groups excluding tert-OH is 1. The summed E-state index contributed by atoms with van der Waals surface area (Å²) in [7, 11) is 1.59. The van der Waals surface area contributed by atoms with E-state index in [1.54, 1.807) is 23.3 Å². The second-order valence-corrected chi connectivity index (χ2v) is 7.37. The van der Waals surface area contributed by atoms with E-state index in [2.05, 4.69) is 0 Å². The van der Waals surface area contributed by atoms with Gasteiger partial charge in [-0.25, -0.2) is 4.79 Å². The molecule has 23 heavy (non-hydrogen) atoms. The molecule has 2 N–H and O–H groups in total. The first-order valence-corrected chi connectivity index (χ1v) is 9.17. The second-order valence-electron chi connectivity index (χ2n) is 5.26. The highest BCUT2D eigenvalue weighted by molar-refractivity contribution is 8.00. The minimum absolute atomic E-state index is 0.0187. The number of amides is 1. The average molecular weight is 361 g/mol. The fraction of sp³-hybridized carbons (Fsp3) is 0.600. The van der Waals surface area contributed by atoms with Gasteiger partial charge in [0.05, 0.1) is 24.1 Å². The Bertz CT molecular complexity index is 526. The van der Waals surface area contributed by atoms with Crippen LogP contribution in [0.2, 0.25) is 0 Å². The van der Waals surface area contributed by atoms with E-state index in [9.17, 15) is 14.7 Å². The summed E-state index contributed by atoms with van der Waals surface area (Å²) in [5.41, 5.74) is 1.92. The highest BCUT2D eigenvalue weighted by Crippen LogP contribution is 2.32. The van der Waals surface area contributed by atoms with Crippen LogP contribution >= 0.6 is 23.1 Å². The monoisotopic (exact) mass is 361 g/mol. The third-order valence-corrected chi connectivity index (χ3v) is 5.28. The predicted octanol–water partition coefficient (Wildman–Crippen LogP) is 1.91. The van der Waals surface area contributed by atoms with E-state index in [-0.39, 0.29) is 23.5 Å². The van der Waals surface area contributed by atoms with Gasteiger partial charge in [0.1, 0.15) is 0 Å². The van der Waals surface area contributed by atoms with Gasteiger partial charge in [0.2, 0.25) is 5.91 Å². The van der Waals surface area contributed by atoms with Crippen molar-refractivity contribution < 1.29 is 24.5 Å². The van der Waals surface area contributed by atoms with Gasteiger partial charge in [-0.1, -0.05) is 0 Å². The van der Waals surface area contributed by atoms with Gasteiger partial charge in [-0.15, -0.1) is 23.1 Å². The zero-order valence-corrected chi connectivity index (χ0v) is 15.4. The number of hydrogen-bond acceptors (Lipinski definition) is 6. The number of hydrogen-bond donors (Lipinski definition) is 2. The van der Waals surface area contributed by atoms with Gasteiger partial charge >= 0.3 is 5.97 Å². The third kappa shape index (κ3) is 5.49. The van der Waals surface area contributed by atoms with Gasteiger partial charge in [0.15, 0.2) is 6.10 Å². The number of ether oxygens (including phenoxy) is 1. The van der Waals surface area contributed by atoms with Crippen molar-refractivity contribution in [3.8, 4) is 0 Å². The topological polar surface area (TPSA) is 87.1 Å². The highest BCUT2D eigenvalue weighted by atomic mass is 32.2.